The number of rotatable bonds is 2. The summed E-state index contributed by atoms with van der Waals surface area (Å²) in [6, 6.07) is 2.03. The second-order valence-corrected chi connectivity index (χ2v) is 6.73. The Labute approximate surface area is 126 Å². The second-order valence-electron chi connectivity index (χ2n) is 3.47. The zero-order chi connectivity index (χ0) is 12.6. The average Bonchev–Trinajstić information content (AvgIpc) is 2.63. The highest BCUT2D eigenvalue weighted by molar-refractivity contribution is 9.11. The highest BCUT2D eigenvalue weighted by Gasteiger charge is 2.13. The van der Waals surface area contributed by atoms with Crippen LogP contribution in [0.1, 0.15) is 17.5 Å². The molecule has 2 aromatic rings. The van der Waals surface area contributed by atoms with Gasteiger partial charge in [0.1, 0.15) is 5.15 Å². The molecule has 0 N–H and O–H groups in total. The van der Waals surface area contributed by atoms with Crippen molar-refractivity contribution in [3.63, 3.8) is 0 Å². The molecule has 0 radical (unpaired) electrons. The molecule has 0 fully saturated rings. The summed E-state index contributed by atoms with van der Waals surface area (Å²) in [7, 11) is 0. The first-order chi connectivity index (χ1) is 8.02. The van der Waals surface area contributed by atoms with E-state index in [1.807, 2.05) is 13.0 Å². The number of aromatic nitrogens is 2. The monoisotopic (exact) mass is 394 g/mol. The highest BCUT2D eigenvalue weighted by Crippen LogP contribution is 2.34. The molecule has 0 saturated heterocycles. The summed E-state index contributed by atoms with van der Waals surface area (Å²) in [6.45, 7) is 4.10. The number of hydrogen-bond acceptors (Lipinski definition) is 3. The zero-order valence-electron chi connectivity index (χ0n) is 9.22. The van der Waals surface area contributed by atoms with E-state index in [1.54, 1.807) is 11.3 Å². The van der Waals surface area contributed by atoms with Crippen molar-refractivity contribution in [3.8, 4) is 10.7 Å². The van der Waals surface area contributed by atoms with Crippen LogP contribution in [0.25, 0.3) is 10.7 Å². The maximum Gasteiger partial charge on any atom is 0.171 e. The summed E-state index contributed by atoms with van der Waals surface area (Å²) in [6.07, 6.45) is 0.821. The molecule has 0 bridgehead atoms. The van der Waals surface area contributed by atoms with Crippen LogP contribution in [0.15, 0.2) is 15.0 Å². The molecule has 2 heterocycles. The van der Waals surface area contributed by atoms with Crippen molar-refractivity contribution in [1.29, 1.82) is 0 Å². The van der Waals surface area contributed by atoms with Crippen molar-refractivity contribution in [1.82, 2.24) is 9.97 Å². The van der Waals surface area contributed by atoms with E-state index in [0.29, 0.717) is 11.0 Å². The van der Waals surface area contributed by atoms with Crippen LogP contribution in [-0.2, 0) is 6.42 Å². The molecule has 2 aromatic heterocycles. The van der Waals surface area contributed by atoms with E-state index in [-0.39, 0.29) is 0 Å². The average molecular weight is 397 g/mol. The molecule has 0 unspecified atom stereocenters. The normalized spacial score (nSPS) is 10.9. The number of aryl methyl sites for hydroxylation is 2. The van der Waals surface area contributed by atoms with E-state index in [4.69, 9.17) is 11.6 Å². The van der Waals surface area contributed by atoms with Crippen LogP contribution >= 0.6 is 54.8 Å². The molecule has 90 valence electrons. The van der Waals surface area contributed by atoms with Crippen molar-refractivity contribution in [2.45, 2.75) is 20.3 Å². The zero-order valence-corrected chi connectivity index (χ0v) is 14.0. The Morgan fingerprint density at radius 1 is 1.35 bits per heavy atom. The first-order valence-electron chi connectivity index (χ1n) is 5.01. The third kappa shape index (κ3) is 2.72. The Hall–Kier alpha value is 0.0300. The van der Waals surface area contributed by atoms with E-state index in [2.05, 4.69) is 48.8 Å². The Morgan fingerprint density at radius 2 is 2.06 bits per heavy atom. The number of thiophene rings is 1. The van der Waals surface area contributed by atoms with Crippen LogP contribution in [0.5, 0.6) is 0 Å². The summed E-state index contributed by atoms with van der Waals surface area (Å²) in [5, 5.41) is 0.467. The van der Waals surface area contributed by atoms with Gasteiger partial charge < -0.3 is 0 Å². The molecule has 0 aliphatic carbocycles. The van der Waals surface area contributed by atoms with E-state index in [0.717, 1.165) is 25.9 Å². The van der Waals surface area contributed by atoms with Gasteiger partial charge >= 0.3 is 0 Å². The fraction of sp³-hybridized carbons (Fsp3) is 0.273. The van der Waals surface area contributed by atoms with Crippen LogP contribution in [0.4, 0.5) is 0 Å². The van der Waals surface area contributed by atoms with Crippen LogP contribution in [0.2, 0.25) is 5.15 Å². The second kappa shape index (κ2) is 5.34. The largest absolute Gasteiger partial charge is 0.231 e. The van der Waals surface area contributed by atoms with Crippen molar-refractivity contribution in [2.24, 2.45) is 0 Å². The van der Waals surface area contributed by atoms with E-state index >= 15 is 0 Å². The summed E-state index contributed by atoms with van der Waals surface area (Å²) in [4.78, 5) is 11.1. The summed E-state index contributed by atoms with van der Waals surface area (Å²) in [5.74, 6) is 0.689. The van der Waals surface area contributed by atoms with Crippen LogP contribution in [0.3, 0.4) is 0 Å². The van der Waals surface area contributed by atoms with Crippen molar-refractivity contribution in [2.75, 3.05) is 0 Å². The molecule has 0 aliphatic heterocycles. The smallest absolute Gasteiger partial charge is 0.171 e. The first kappa shape index (κ1) is 13.5. The van der Waals surface area contributed by atoms with Gasteiger partial charge in [-0.05, 0) is 51.3 Å². The van der Waals surface area contributed by atoms with Crippen molar-refractivity contribution < 1.29 is 0 Å². The molecule has 2 nitrogen and oxygen atoms in total. The lowest BCUT2D eigenvalue weighted by Crippen LogP contribution is -1.96. The van der Waals surface area contributed by atoms with Gasteiger partial charge in [0.15, 0.2) is 5.82 Å². The topological polar surface area (TPSA) is 25.8 Å². The lowest BCUT2D eigenvalue weighted by molar-refractivity contribution is 0.993. The van der Waals surface area contributed by atoms with Gasteiger partial charge in [-0.25, -0.2) is 9.97 Å². The standard InChI is InChI=1S/C11H9Br2ClN2S/c1-3-7-9(13)10(14)16-11(15-7)8-4-6(12)5(2)17-8/h4H,3H2,1-2H3. The van der Waals surface area contributed by atoms with Crippen LogP contribution in [0, 0.1) is 6.92 Å². The third-order valence-corrected chi connectivity index (χ3v) is 5.76. The molecule has 0 atom stereocenters. The van der Waals surface area contributed by atoms with Gasteiger partial charge in [-0.3, -0.25) is 0 Å². The third-order valence-electron chi connectivity index (χ3n) is 2.29. The maximum absolute atomic E-state index is 6.09. The predicted octanol–water partition coefficient (Wildman–Crippen LogP) is 5.25. The lowest BCUT2D eigenvalue weighted by Gasteiger charge is -2.04. The summed E-state index contributed by atoms with van der Waals surface area (Å²) < 4.78 is 1.87. The number of nitrogens with zero attached hydrogens (tertiary/aromatic N) is 2. The molecule has 0 spiro atoms. The maximum atomic E-state index is 6.09. The fourth-order valence-corrected chi connectivity index (χ4v) is 3.49. The van der Waals surface area contributed by atoms with Gasteiger partial charge in [-0.15, -0.1) is 11.3 Å². The molecular weight excluding hydrogens is 387 g/mol. The quantitative estimate of drug-likeness (QED) is 0.648. The molecule has 0 amide bonds. The van der Waals surface area contributed by atoms with E-state index in [1.165, 1.54) is 4.88 Å². The molecule has 0 saturated carbocycles. The molecule has 17 heavy (non-hydrogen) atoms. The van der Waals surface area contributed by atoms with Crippen LogP contribution in [-0.4, -0.2) is 9.97 Å². The minimum absolute atomic E-state index is 0.467. The minimum Gasteiger partial charge on any atom is -0.231 e. The Morgan fingerprint density at radius 3 is 2.59 bits per heavy atom. The molecule has 6 heteroatoms. The Kier molecular flexibility index (Phi) is 4.23. The van der Waals surface area contributed by atoms with Crippen LogP contribution < -0.4 is 0 Å². The van der Waals surface area contributed by atoms with E-state index in [9.17, 15) is 0 Å². The molecular formula is C11H9Br2ClN2S. The predicted molar refractivity (Wildman–Crippen MR) is 79.9 cm³/mol. The molecule has 0 aliphatic rings. The van der Waals surface area contributed by atoms with Crippen molar-refractivity contribution in [3.05, 3.63) is 30.7 Å². The Bertz CT molecular complexity index is 549. The van der Waals surface area contributed by atoms with Gasteiger partial charge in [0.05, 0.1) is 15.0 Å². The Balaban J connectivity index is 2.56. The first-order valence-corrected chi connectivity index (χ1v) is 7.79. The van der Waals surface area contributed by atoms with Gasteiger partial charge in [0.2, 0.25) is 0 Å². The number of hydrogen-bond donors (Lipinski definition) is 0. The minimum atomic E-state index is 0.467. The van der Waals surface area contributed by atoms with Gasteiger partial charge in [0.25, 0.3) is 0 Å². The lowest BCUT2D eigenvalue weighted by atomic mass is 10.3. The van der Waals surface area contributed by atoms with Gasteiger partial charge in [0, 0.05) is 9.35 Å². The number of halogens is 3. The SMILES string of the molecule is CCc1nc(-c2cc(Br)c(C)s2)nc(Cl)c1Br. The molecule has 2 rings (SSSR count). The summed E-state index contributed by atoms with van der Waals surface area (Å²) in [5.41, 5.74) is 0.933. The highest BCUT2D eigenvalue weighted by atomic mass is 79.9. The van der Waals surface area contributed by atoms with Gasteiger partial charge in [-0.2, -0.15) is 0 Å². The van der Waals surface area contributed by atoms with Crippen molar-refractivity contribution >= 4 is 54.8 Å². The summed E-state index contributed by atoms with van der Waals surface area (Å²) >= 11 is 14.6. The fourth-order valence-electron chi connectivity index (χ4n) is 1.38. The molecule has 0 aromatic carbocycles. The van der Waals surface area contributed by atoms with E-state index < -0.39 is 0 Å². The van der Waals surface area contributed by atoms with Gasteiger partial charge in [-0.1, -0.05) is 18.5 Å².